The van der Waals surface area contributed by atoms with Gasteiger partial charge in [-0.05, 0) is 65.7 Å². The van der Waals surface area contributed by atoms with Crippen LogP contribution in [-0.2, 0) is 4.79 Å². The second-order valence-electron chi connectivity index (χ2n) is 5.66. The van der Waals surface area contributed by atoms with E-state index in [1.54, 1.807) is 19.1 Å². The minimum Gasteiger partial charge on any atom is -0.478 e. The SMILES string of the molecule is Cc1cc(=O)oc2cc(OC(=O)C(C)Oc3ccc(F)cc3Br)ccc12. The van der Waals surface area contributed by atoms with Crippen molar-refractivity contribution in [2.45, 2.75) is 20.0 Å². The van der Waals surface area contributed by atoms with E-state index in [9.17, 15) is 14.0 Å². The summed E-state index contributed by atoms with van der Waals surface area (Å²) in [7, 11) is 0. The van der Waals surface area contributed by atoms with Gasteiger partial charge in [-0.25, -0.2) is 14.0 Å². The molecule has 0 saturated heterocycles. The number of hydrogen-bond acceptors (Lipinski definition) is 5. The van der Waals surface area contributed by atoms with Crippen LogP contribution in [-0.4, -0.2) is 12.1 Å². The lowest BCUT2D eigenvalue weighted by Crippen LogP contribution is -2.28. The summed E-state index contributed by atoms with van der Waals surface area (Å²) in [6.45, 7) is 3.31. The molecule has 0 bridgehead atoms. The molecule has 0 amide bonds. The molecule has 0 aliphatic rings. The number of rotatable bonds is 4. The summed E-state index contributed by atoms with van der Waals surface area (Å²) in [5.74, 6) is -0.524. The van der Waals surface area contributed by atoms with Gasteiger partial charge in [0.1, 0.15) is 22.9 Å². The summed E-state index contributed by atoms with van der Waals surface area (Å²) in [5, 5.41) is 0.754. The van der Waals surface area contributed by atoms with Gasteiger partial charge < -0.3 is 13.9 Å². The van der Waals surface area contributed by atoms with E-state index in [0.29, 0.717) is 15.8 Å². The molecule has 5 nitrogen and oxygen atoms in total. The van der Waals surface area contributed by atoms with E-state index < -0.39 is 23.5 Å². The van der Waals surface area contributed by atoms with Crippen molar-refractivity contribution >= 4 is 32.9 Å². The monoisotopic (exact) mass is 420 g/mol. The average Bonchev–Trinajstić information content (AvgIpc) is 2.56. The van der Waals surface area contributed by atoms with E-state index in [1.165, 1.54) is 37.3 Å². The fraction of sp³-hybridized carbons (Fsp3) is 0.158. The quantitative estimate of drug-likeness (QED) is 0.356. The van der Waals surface area contributed by atoms with Crippen molar-refractivity contribution in [3.05, 3.63) is 68.7 Å². The predicted octanol–water partition coefficient (Wildman–Crippen LogP) is 4.38. The molecule has 1 heterocycles. The van der Waals surface area contributed by atoms with Crippen molar-refractivity contribution in [3.8, 4) is 11.5 Å². The number of esters is 1. The Kier molecular flexibility index (Phi) is 5.08. The van der Waals surface area contributed by atoms with Crippen LogP contribution in [0.5, 0.6) is 11.5 Å². The van der Waals surface area contributed by atoms with Crippen LogP contribution in [0.2, 0.25) is 0 Å². The molecule has 1 atom stereocenters. The minimum atomic E-state index is -0.933. The van der Waals surface area contributed by atoms with Gasteiger partial charge in [-0.15, -0.1) is 0 Å². The molecule has 0 spiro atoms. The van der Waals surface area contributed by atoms with Gasteiger partial charge in [0.15, 0.2) is 6.10 Å². The van der Waals surface area contributed by atoms with Gasteiger partial charge in [-0.3, -0.25) is 0 Å². The highest BCUT2D eigenvalue weighted by Gasteiger charge is 2.19. The second-order valence-corrected chi connectivity index (χ2v) is 6.52. The van der Waals surface area contributed by atoms with Crippen molar-refractivity contribution in [1.82, 2.24) is 0 Å². The Labute approximate surface area is 156 Å². The van der Waals surface area contributed by atoms with E-state index in [4.69, 9.17) is 13.9 Å². The molecule has 0 radical (unpaired) electrons. The number of fused-ring (bicyclic) bond motifs is 1. The Hall–Kier alpha value is -2.67. The Morgan fingerprint density at radius 3 is 2.69 bits per heavy atom. The zero-order valence-electron chi connectivity index (χ0n) is 13.9. The molecule has 1 aromatic heterocycles. The third-order valence-electron chi connectivity index (χ3n) is 3.67. The van der Waals surface area contributed by atoms with E-state index in [1.807, 2.05) is 0 Å². The number of carbonyl (C=O) groups excluding carboxylic acids is 1. The molecule has 134 valence electrons. The summed E-state index contributed by atoms with van der Waals surface area (Å²) in [4.78, 5) is 23.7. The zero-order valence-corrected chi connectivity index (χ0v) is 15.5. The molecule has 2 aromatic carbocycles. The number of carbonyl (C=O) groups is 1. The Morgan fingerprint density at radius 2 is 1.96 bits per heavy atom. The third kappa shape index (κ3) is 3.94. The Bertz CT molecular complexity index is 1040. The summed E-state index contributed by atoms with van der Waals surface area (Å²) < 4.78 is 29.4. The van der Waals surface area contributed by atoms with Gasteiger partial charge in [0.05, 0.1) is 4.47 Å². The fourth-order valence-electron chi connectivity index (χ4n) is 2.38. The number of ether oxygens (including phenoxy) is 2. The third-order valence-corrected chi connectivity index (χ3v) is 4.29. The molecular weight excluding hydrogens is 407 g/mol. The maximum absolute atomic E-state index is 13.1. The molecule has 0 saturated carbocycles. The number of aryl methyl sites for hydroxylation is 1. The fourth-order valence-corrected chi connectivity index (χ4v) is 2.82. The van der Waals surface area contributed by atoms with Gasteiger partial charge in [0.2, 0.25) is 0 Å². The van der Waals surface area contributed by atoms with E-state index in [2.05, 4.69) is 15.9 Å². The number of hydrogen-bond donors (Lipinski definition) is 0. The first kappa shape index (κ1) is 18.1. The first-order chi connectivity index (χ1) is 12.3. The molecule has 7 heteroatoms. The molecule has 26 heavy (non-hydrogen) atoms. The molecule has 0 N–H and O–H groups in total. The zero-order chi connectivity index (χ0) is 18.8. The van der Waals surface area contributed by atoms with Crippen molar-refractivity contribution in [3.63, 3.8) is 0 Å². The summed E-state index contributed by atoms with van der Waals surface area (Å²) in [6.07, 6.45) is -0.933. The van der Waals surface area contributed by atoms with Crippen molar-refractivity contribution in [2.24, 2.45) is 0 Å². The van der Waals surface area contributed by atoms with Gasteiger partial charge in [-0.2, -0.15) is 0 Å². The van der Waals surface area contributed by atoms with Crippen molar-refractivity contribution in [2.75, 3.05) is 0 Å². The van der Waals surface area contributed by atoms with Crippen LogP contribution >= 0.6 is 15.9 Å². The lowest BCUT2D eigenvalue weighted by molar-refractivity contribution is -0.141. The highest BCUT2D eigenvalue weighted by molar-refractivity contribution is 9.10. The van der Waals surface area contributed by atoms with E-state index >= 15 is 0 Å². The normalized spacial score (nSPS) is 12.0. The number of halogens is 2. The lowest BCUT2D eigenvalue weighted by Gasteiger charge is -2.15. The predicted molar refractivity (Wildman–Crippen MR) is 97.0 cm³/mol. The van der Waals surface area contributed by atoms with Crippen LogP contribution in [0.25, 0.3) is 11.0 Å². The van der Waals surface area contributed by atoms with Crippen LogP contribution in [0.1, 0.15) is 12.5 Å². The topological polar surface area (TPSA) is 65.7 Å². The minimum absolute atomic E-state index is 0.227. The van der Waals surface area contributed by atoms with E-state index in [-0.39, 0.29) is 5.75 Å². The molecule has 3 rings (SSSR count). The van der Waals surface area contributed by atoms with Crippen LogP contribution in [0.3, 0.4) is 0 Å². The molecule has 0 aliphatic heterocycles. The van der Waals surface area contributed by atoms with Gasteiger partial charge in [-0.1, -0.05) is 0 Å². The van der Waals surface area contributed by atoms with E-state index in [0.717, 1.165) is 10.9 Å². The average molecular weight is 421 g/mol. The maximum atomic E-state index is 13.1. The van der Waals surface area contributed by atoms with Gasteiger partial charge in [0.25, 0.3) is 0 Å². The van der Waals surface area contributed by atoms with Crippen LogP contribution in [0.15, 0.2) is 56.1 Å². The van der Waals surface area contributed by atoms with Crippen LogP contribution in [0, 0.1) is 12.7 Å². The molecule has 1 unspecified atom stereocenters. The Morgan fingerprint density at radius 1 is 1.19 bits per heavy atom. The van der Waals surface area contributed by atoms with Crippen LogP contribution < -0.4 is 15.1 Å². The van der Waals surface area contributed by atoms with Crippen molar-refractivity contribution in [1.29, 1.82) is 0 Å². The van der Waals surface area contributed by atoms with Crippen LogP contribution in [0.4, 0.5) is 4.39 Å². The van der Waals surface area contributed by atoms with Gasteiger partial charge in [0, 0.05) is 17.5 Å². The maximum Gasteiger partial charge on any atom is 0.352 e. The Balaban J connectivity index is 1.76. The molecule has 0 fully saturated rings. The van der Waals surface area contributed by atoms with Gasteiger partial charge >= 0.3 is 11.6 Å². The molecular formula is C19H14BrFO5. The van der Waals surface area contributed by atoms with Crippen molar-refractivity contribution < 1.29 is 23.1 Å². The first-order valence-corrected chi connectivity index (χ1v) is 8.50. The summed E-state index contributed by atoms with van der Waals surface area (Å²) in [6, 6.07) is 10.1. The lowest BCUT2D eigenvalue weighted by atomic mass is 10.1. The standard InChI is InChI=1S/C19H14BrFO5/c1-10-7-18(22)26-17-9-13(4-5-14(10)17)25-19(23)11(2)24-16-6-3-12(21)8-15(16)20/h3-9,11H,1-2H3. The smallest absolute Gasteiger partial charge is 0.352 e. The second kappa shape index (κ2) is 7.29. The highest BCUT2D eigenvalue weighted by atomic mass is 79.9. The summed E-state index contributed by atoms with van der Waals surface area (Å²) in [5.41, 5.74) is 0.624. The summed E-state index contributed by atoms with van der Waals surface area (Å²) >= 11 is 3.17. The highest BCUT2D eigenvalue weighted by Crippen LogP contribution is 2.27. The molecule has 3 aromatic rings. The largest absolute Gasteiger partial charge is 0.478 e. The first-order valence-electron chi connectivity index (χ1n) is 7.71. The number of benzene rings is 2. The molecule has 0 aliphatic carbocycles.